The molecule has 66 valence electrons. The average Bonchev–Trinajstić information content (AvgIpc) is 2.66. The second-order valence-electron chi connectivity index (χ2n) is 4.55. The monoisotopic (exact) mass is 156 g/mol. The van der Waals surface area contributed by atoms with Gasteiger partial charge in [0.1, 0.15) is 0 Å². The van der Waals surface area contributed by atoms with Crippen molar-refractivity contribution < 1.29 is 0 Å². The molecule has 1 fully saturated rings. The van der Waals surface area contributed by atoms with E-state index in [-0.39, 0.29) is 5.54 Å². The summed E-state index contributed by atoms with van der Waals surface area (Å²) in [5.41, 5.74) is 0.694. The van der Waals surface area contributed by atoms with Gasteiger partial charge in [-0.25, -0.2) is 0 Å². The lowest BCUT2D eigenvalue weighted by molar-refractivity contribution is 0.366. The Balaban J connectivity index is 2.20. The quantitative estimate of drug-likeness (QED) is 0.637. The van der Waals surface area contributed by atoms with Gasteiger partial charge in [0.2, 0.25) is 0 Å². The van der Waals surface area contributed by atoms with Gasteiger partial charge in [-0.05, 0) is 40.7 Å². The Hall–Kier alpha value is -0.0800. The van der Waals surface area contributed by atoms with Crippen molar-refractivity contribution in [2.45, 2.75) is 44.7 Å². The highest BCUT2D eigenvalue weighted by Crippen LogP contribution is 2.34. The van der Waals surface area contributed by atoms with Crippen LogP contribution in [-0.2, 0) is 0 Å². The molecule has 2 nitrogen and oxygen atoms in total. The van der Waals surface area contributed by atoms with E-state index in [1.54, 1.807) is 0 Å². The lowest BCUT2D eigenvalue weighted by atomic mass is 10.1. The van der Waals surface area contributed by atoms with Gasteiger partial charge in [0.25, 0.3) is 0 Å². The fourth-order valence-electron chi connectivity index (χ4n) is 0.887. The van der Waals surface area contributed by atoms with Crippen molar-refractivity contribution >= 4 is 0 Å². The van der Waals surface area contributed by atoms with Crippen molar-refractivity contribution in [2.24, 2.45) is 0 Å². The van der Waals surface area contributed by atoms with E-state index in [0.717, 1.165) is 6.54 Å². The van der Waals surface area contributed by atoms with E-state index in [0.29, 0.717) is 5.54 Å². The van der Waals surface area contributed by atoms with Gasteiger partial charge in [-0.15, -0.1) is 0 Å². The summed E-state index contributed by atoms with van der Waals surface area (Å²) in [6, 6.07) is 0. The van der Waals surface area contributed by atoms with Crippen molar-refractivity contribution in [3.8, 4) is 0 Å². The molecule has 0 bridgehead atoms. The van der Waals surface area contributed by atoms with Crippen LogP contribution >= 0.6 is 0 Å². The maximum absolute atomic E-state index is 3.56. The van der Waals surface area contributed by atoms with Gasteiger partial charge in [0, 0.05) is 17.6 Å². The fraction of sp³-hybridized carbons (Fsp3) is 1.00. The molecule has 1 aliphatic rings. The van der Waals surface area contributed by atoms with E-state index in [9.17, 15) is 0 Å². The standard InChI is InChI=1S/C9H20N2/c1-8(2,10-4)7-11-9(3)5-6-9/h10-11H,5-7H2,1-4H3. The molecule has 0 aliphatic heterocycles. The summed E-state index contributed by atoms with van der Waals surface area (Å²) in [6.45, 7) is 7.77. The molecule has 11 heavy (non-hydrogen) atoms. The van der Waals surface area contributed by atoms with Crippen molar-refractivity contribution in [1.82, 2.24) is 10.6 Å². The van der Waals surface area contributed by atoms with Gasteiger partial charge >= 0.3 is 0 Å². The second-order valence-corrected chi connectivity index (χ2v) is 4.55. The Morgan fingerprint density at radius 1 is 1.36 bits per heavy atom. The van der Waals surface area contributed by atoms with E-state index in [1.165, 1.54) is 12.8 Å². The molecule has 1 aliphatic carbocycles. The molecule has 0 saturated heterocycles. The molecule has 0 amide bonds. The van der Waals surface area contributed by atoms with Crippen LogP contribution in [0.15, 0.2) is 0 Å². The highest BCUT2D eigenvalue weighted by Gasteiger charge is 2.37. The average molecular weight is 156 g/mol. The summed E-state index contributed by atoms with van der Waals surface area (Å²) in [6.07, 6.45) is 2.68. The SMILES string of the molecule is CNC(C)(C)CNC1(C)CC1. The Kier molecular flexibility index (Phi) is 2.26. The number of likely N-dealkylation sites (N-methyl/N-ethyl adjacent to an activating group) is 1. The summed E-state index contributed by atoms with van der Waals surface area (Å²) in [4.78, 5) is 0. The van der Waals surface area contributed by atoms with Crippen LogP contribution in [0.2, 0.25) is 0 Å². The number of hydrogen-bond donors (Lipinski definition) is 2. The third-order valence-corrected chi connectivity index (χ3v) is 2.63. The third-order valence-electron chi connectivity index (χ3n) is 2.63. The zero-order valence-electron chi connectivity index (χ0n) is 8.12. The summed E-state index contributed by atoms with van der Waals surface area (Å²) < 4.78 is 0. The Morgan fingerprint density at radius 2 is 1.91 bits per heavy atom. The van der Waals surface area contributed by atoms with Crippen molar-refractivity contribution in [3.63, 3.8) is 0 Å². The summed E-state index contributed by atoms with van der Waals surface area (Å²) >= 11 is 0. The highest BCUT2D eigenvalue weighted by molar-refractivity contribution is 4.99. The maximum Gasteiger partial charge on any atom is 0.0246 e. The zero-order valence-corrected chi connectivity index (χ0v) is 8.12. The second kappa shape index (κ2) is 2.76. The molecule has 0 unspecified atom stereocenters. The minimum Gasteiger partial charge on any atom is -0.314 e. The Morgan fingerprint density at radius 3 is 2.27 bits per heavy atom. The number of nitrogens with one attached hydrogen (secondary N) is 2. The van der Waals surface area contributed by atoms with E-state index in [1.807, 2.05) is 7.05 Å². The lowest BCUT2D eigenvalue weighted by Crippen LogP contribution is -2.48. The Bertz CT molecular complexity index is 136. The molecular weight excluding hydrogens is 136 g/mol. The molecule has 0 heterocycles. The predicted molar refractivity (Wildman–Crippen MR) is 48.8 cm³/mol. The normalized spacial score (nSPS) is 21.8. The smallest absolute Gasteiger partial charge is 0.0246 e. The molecule has 0 radical (unpaired) electrons. The first-order valence-electron chi connectivity index (χ1n) is 4.41. The molecule has 2 N–H and O–H groups in total. The van der Waals surface area contributed by atoms with Crippen LogP contribution in [0, 0.1) is 0 Å². The van der Waals surface area contributed by atoms with Gasteiger partial charge in [-0.1, -0.05) is 0 Å². The van der Waals surface area contributed by atoms with Crippen LogP contribution in [0.1, 0.15) is 33.6 Å². The first kappa shape index (κ1) is 9.01. The molecule has 0 aromatic carbocycles. The van der Waals surface area contributed by atoms with Crippen molar-refractivity contribution in [1.29, 1.82) is 0 Å². The van der Waals surface area contributed by atoms with Crippen LogP contribution in [0.3, 0.4) is 0 Å². The van der Waals surface area contributed by atoms with Gasteiger partial charge in [-0.2, -0.15) is 0 Å². The van der Waals surface area contributed by atoms with E-state index in [4.69, 9.17) is 0 Å². The maximum atomic E-state index is 3.56. The zero-order chi connectivity index (χ0) is 8.54. The van der Waals surface area contributed by atoms with Crippen LogP contribution in [0.25, 0.3) is 0 Å². The minimum absolute atomic E-state index is 0.228. The van der Waals surface area contributed by atoms with Crippen molar-refractivity contribution in [3.05, 3.63) is 0 Å². The van der Waals surface area contributed by atoms with Crippen LogP contribution in [-0.4, -0.2) is 24.7 Å². The van der Waals surface area contributed by atoms with Gasteiger partial charge in [-0.3, -0.25) is 0 Å². The molecule has 0 aromatic rings. The largest absolute Gasteiger partial charge is 0.314 e. The molecule has 0 atom stereocenters. The highest BCUT2D eigenvalue weighted by atomic mass is 15.1. The number of hydrogen-bond acceptors (Lipinski definition) is 2. The van der Waals surface area contributed by atoms with Crippen molar-refractivity contribution in [2.75, 3.05) is 13.6 Å². The van der Waals surface area contributed by atoms with Gasteiger partial charge in [0.05, 0.1) is 0 Å². The van der Waals surface area contributed by atoms with E-state index in [2.05, 4.69) is 31.4 Å². The molecule has 0 aromatic heterocycles. The summed E-state index contributed by atoms with van der Waals surface area (Å²) in [5.74, 6) is 0. The van der Waals surface area contributed by atoms with E-state index >= 15 is 0 Å². The van der Waals surface area contributed by atoms with E-state index < -0.39 is 0 Å². The minimum atomic E-state index is 0.228. The van der Waals surface area contributed by atoms with Crippen LogP contribution in [0.5, 0.6) is 0 Å². The molecular formula is C9H20N2. The summed E-state index contributed by atoms with van der Waals surface area (Å²) in [7, 11) is 2.01. The number of rotatable bonds is 4. The molecule has 0 spiro atoms. The first-order chi connectivity index (χ1) is 4.97. The predicted octanol–water partition coefficient (Wildman–Crippen LogP) is 1.13. The first-order valence-corrected chi connectivity index (χ1v) is 4.41. The summed E-state index contributed by atoms with van der Waals surface area (Å²) in [5, 5.41) is 6.84. The molecule has 1 saturated carbocycles. The topological polar surface area (TPSA) is 24.1 Å². The molecule has 2 heteroatoms. The lowest BCUT2D eigenvalue weighted by Gasteiger charge is -2.26. The van der Waals surface area contributed by atoms with Crippen LogP contribution < -0.4 is 10.6 Å². The van der Waals surface area contributed by atoms with Gasteiger partial charge in [0.15, 0.2) is 0 Å². The molecule has 1 rings (SSSR count). The Labute approximate surface area is 69.8 Å². The fourth-order valence-corrected chi connectivity index (χ4v) is 0.887. The van der Waals surface area contributed by atoms with Crippen LogP contribution in [0.4, 0.5) is 0 Å². The van der Waals surface area contributed by atoms with Gasteiger partial charge < -0.3 is 10.6 Å². The third kappa shape index (κ3) is 2.80.